The van der Waals surface area contributed by atoms with Gasteiger partial charge in [-0.15, -0.1) is 11.8 Å². The van der Waals surface area contributed by atoms with E-state index in [-0.39, 0.29) is 17.9 Å². The number of aromatic amines is 1. The van der Waals surface area contributed by atoms with Crippen LogP contribution >= 0.6 is 11.8 Å². The van der Waals surface area contributed by atoms with Gasteiger partial charge in [-0.2, -0.15) is 0 Å². The normalized spacial score (nSPS) is 17.9. The maximum Gasteiger partial charge on any atom is 0.257 e. The number of thioether (sulfide) groups is 1. The predicted octanol–water partition coefficient (Wildman–Crippen LogP) is 2.16. The molecule has 1 saturated heterocycles. The monoisotopic (exact) mass is 317 g/mol. The Morgan fingerprint density at radius 2 is 2.18 bits per heavy atom. The van der Waals surface area contributed by atoms with Crippen LogP contribution < -0.4 is 0 Å². The van der Waals surface area contributed by atoms with Gasteiger partial charge in [0.25, 0.3) is 5.91 Å². The van der Waals surface area contributed by atoms with Gasteiger partial charge in [-0.25, -0.2) is 0 Å². The summed E-state index contributed by atoms with van der Waals surface area (Å²) >= 11 is 1.62. The number of aromatic nitrogens is 1. The Balaban J connectivity index is 1.89. The Labute approximate surface area is 133 Å². The number of hydrogen-bond donors (Lipinski definition) is 1. The number of likely N-dealkylation sites (N-methyl/N-ethyl adjacent to an activating group) is 1. The zero-order valence-electron chi connectivity index (χ0n) is 12.7. The molecule has 0 radical (unpaired) electrons. The maximum atomic E-state index is 12.9. The number of nitrogens with one attached hydrogen (secondary N) is 1. The molecule has 6 heteroatoms. The van der Waals surface area contributed by atoms with Crippen molar-refractivity contribution in [3.8, 4) is 0 Å². The first-order valence-electron chi connectivity index (χ1n) is 7.33. The molecule has 22 heavy (non-hydrogen) atoms. The maximum absolute atomic E-state index is 12.9. The summed E-state index contributed by atoms with van der Waals surface area (Å²) in [4.78, 5) is 31.8. The topological polar surface area (TPSA) is 56.4 Å². The van der Waals surface area contributed by atoms with E-state index < -0.39 is 0 Å². The Hall–Kier alpha value is -1.95. The largest absolute Gasteiger partial charge is 0.360 e. The van der Waals surface area contributed by atoms with Crippen LogP contribution in [0.4, 0.5) is 0 Å². The van der Waals surface area contributed by atoms with E-state index in [0.717, 1.165) is 10.9 Å². The van der Waals surface area contributed by atoms with E-state index in [9.17, 15) is 9.59 Å². The van der Waals surface area contributed by atoms with Crippen molar-refractivity contribution >= 4 is 34.5 Å². The van der Waals surface area contributed by atoms with E-state index in [1.165, 1.54) is 0 Å². The molecule has 1 aromatic heterocycles. The van der Waals surface area contributed by atoms with E-state index in [1.807, 2.05) is 31.2 Å². The minimum Gasteiger partial charge on any atom is -0.360 e. The fraction of sp³-hybridized carbons (Fsp3) is 0.375. The number of carbonyl (C=O) groups is 2. The van der Waals surface area contributed by atoms with Gasteiger partial charge in [0.2, 0.25) is 5.91 Å². The molecule has 2 amide bonds. The van der Waals surface area contributed by atoms with Crippen molar-refractivity contribution in [2.45, 2.75) is 13.0 Å². The average Bonchev–Trinajstić information content (AvgIpc) is 3.19. The van der Waals surface area contributed by atoms with Gasteiger partial charge in [0.05, 0.1) is 11.4 Å². The van der Waals surface area contributed by atoms with Crippen molar-refractivity contribution in [2.75, 3.05) is 25.2 Å². The Kier molecular flexibility index (Phi) is 4.11. The number of carbonyl (C=O) groups excluding carboxylic acids is 2. The molecule has 1 atom stereocenters. The summed E-state index contributed by atoms with van der Waals surface area (Å²) in [5, 5.41) is 0.902. The lowest BCUT2D eigenvalue weighted by molar-refractivity contribution is -0.133. The smallest absolute Gasteiger partial charge is 0.257 e. The molecular weight excluding hydrogens is 298 g/mol. The van der Waals surface area contributed by atoms with Gasteiger partial charge in [-0.1, -0.05) is 18.2 Å². The third-order valence-corrected chi connectivity index (χ3v) is 5.11. The lowest BCUT2D eigenvalue weighted by Gasteiger charge is -2.26. The molecule has 1 aliphatic rings. The summed E-state index contributed by atoms with van der Waals surface area (Å²) in [5.74, 6) is 1.16. The molecule has 2 aromatic rings. The summed E-state index contributed by atoms with van der Waals surface area (Å²) in [6, 6.07) is 7.35. The fourth-order valence-corrected chi connectivity index (χ4v) is 3.81. The first kappa shape index (κ1) is 15.0. The van der Waals surface area contributed by atoms with Gasteiger partial charge in [0.15, 0.2) is 0 Å². The van der Waals surface area contributed by atoms with Crippen LogP contribution in [0.25, 0.3) is 10.9 Å². The van der Waals surface area contributed by atoms with Crippen molar-refractivity contribution < 1.29 is 9.59 Å². The first-order chi connectivity index (χ1) is 10.6. The molecule has 1 fully saturated rings. The average molecular weight is 317 g/mol. The molecule has 3 rings (SSSR count). The molecule has 1 aromatic carbocycles. The Morgan fingerprint density at radius 1 is 1.41 bits per heavy atom. The second-order valence-corrected chi connectivity index (χ2v) is 6.39. The molecule has 1 N–H and O–H groups in total. The molecule has 1 unspecified atom stereocenters. The van der Waals surface area contributed by atoms with Crippen LogP contribution in [0.15, 0.2) is 30.5 Å². The van der Waals surface area contributed by atoms with E-state index in [2.05, 4.69) is 4.98 Å². The number of benzene rings is 1. The van der Waals surface area contributed by atoms with Crippen molar-refractivity contribution in [3.05, 3.63) is 36.0 Å². The van der Waals surface area contributed by atoms with Gasteiger partial charge in [0, 0.05) is 36.4 Å². The van der Waals surface area contributed by atoms with Crippen LogP contribution in [0.3, 0.4) is 0 Å². The predicted molar refractivity (Wildman–Crippen MR) is 88.9 cm³/mol. The second kappa shape index (κ2) is 6.04. The zero-order chi connectivity index (χ0) is 15.7. The minimum absolute atomic E-state index is 0.0145. The summed E-state index contributed by atoms with van der Waals surface area (Å²) in [7, 11) is 1.78. The van der Waals surface area contributed by atoms with E-state index >= 15 is 0 Å². The van der Waals surface area contributed by atoms with Gasteiger partial charge in [0.1, 0.15) is 6.04 Å². The zero-order valence-corrected chi connectivity index (χ0v) is 13.5. The molecule has 5 nitrogen and oxygen atoms in total. The number of H-pyrrole nitrogens is 1. The Morgan fingerprint density at radius 3 is 2.95 bits per heavy atom. The lowest BCUT2D eigenvalue weighted by Crippen LogP contribution is -2.47. The SMILES string of the molecule is CCN(C)C(=O)C1CSCN1C(=O)c1c[nH]c2ccccc12. The summed E-state index contributed by atoms with van der Waals surface area (Å²) in [6.45, 7) is 2.58. The summed E-state index contributed by atoms with van der Waals surface area (Å²) in [6.07, 6.45) is 1.74. The van der Waals surface area contributed by atoms with Crippen molar-refractivity contribution in [1.82, 2.24) is 14.8 Å². The number of hydrogen-bond acceptors (Lipinski definition) is 3. The number of rotatable bonds is 3. The molecule has 0 bridgehead atoms. The highest BCUT2D eigenvalue weighted by Crippen LogP contribution is 2.27. The first-order valence-corrected chi connectivity index (χ1v) is 8.48. The number of para-hydroxylation sites is 1. The van der Waals surface area contributed by atoms with Crippen LogP contribution in [0.1, 0.15) is 17.3 Å². The summed E-state index contributed by atoms with van der Waals surface area (Å²) < 4.78 is 0. The highest BCUT2D eigenvalue weighted by atomic mass is 32.2. The molecule has 116 valence electrons. The lowest BCUT2D eigenvalue weighted by atomic mass is 10.1. The standard InChI is InChI=1S/C16H19N3O2S/c1-3-18(2)16(21)14-9-22-10-19(14)15(20)12-8-17-13-7-5-4-6-11(12)13/h4-8,14,17H,3,9-10H2,1-2H3. The molecular formula is C16H19N3O2S. The number of nitrogens with zero attached hydrogens (tertiary/aromatic N) is 2. The minimum atomic E-state index is -0.365. The molecule has 0 saturated carbocycles. The van der Waals surface area contributed by atoms with E-state index in [4.69, 9.17) is 0 Å². The summed E-state index contributed by atoms with van der Waals surface area (Å²) in [5.41, 5.74) is 1.57. The van der Waals surface area contributed by atoms with Crippen molar-refractivity contribution in [2.24, 2.45) is 0 Å². The molecule has 1 aliphatic heterocycles. The van der Waals surface area contributed by atoms with Crippen LogP contribution in [0, 0.1) is 0 Å². The van der Waals surface area contributed by atoms with Crippen molar-refractivity contribution in [1.29, 1.82) is 0 Å². The van der Waals surface area contributed by atoms with Crippen molar-refractivity contribution in [3.63, 3.8) is 0 Å². The van der Waals surface area contributed by atoms with E-state index in [1.54, 1.807) is 34.8 Å². The van der Waals surface area contributed by atoms with Gasteiger partial charge < -0.3 is 14.8 Å². The quantitative estimate of drug-likeness (QED) is 0.944. The van der Waals surface area contributed by atoms with Gasteiger partial charge >= 0.3 is 0 Å². The number of amides is 2. The molecule has 0 aliphatic carbocycles. The fourth-order valence-electron chi connectivity index (χ4n) is 2.66. The second-order valence-electron chi connectivity index (χ2n) is 5.39. The number of fused-ring (bicyclic) bond motifs is 1. The van der Waals surface area contributed by atoms with Crippen LogP contribution in [0.5, 0.6) is 0 Å². The third kappa shape index (κ3) is 2.47. The van der Waals surface area contributed by atoms with Crippen LogP contribution in [-0.2, 0) is 4.79 Å². The third-order valence-electron chi connectivity index (χ3n) is 4.10. The van der Waals surface area contributed by atoms with Crippen LogP contribution in [-0.4, -0.2) is 57.9 Å². The Bertz CT molecular complexity index is 712. The van der Waals surface area contributed by atoms with E-state index in [0.29, 0.717) is 23.7 Å². The highest BCUT2D eigenvalue weighted by molar-refractivity contribution is 7.99. The van der Waals surface area contributed by atoms with Crippen LogP contribution in [0.2, 0.25) is 0 Å². The highest BCUT2D eigenvalue weighted by Gasteiger charge is 2.36. The van der Waals surface area contributed by atoms with Gasteiger partial charge in [-0.3, -0.25) is 9.59 Å². The molecule has 0 spiro atoms. The van der Waals surface area contributed by atoms with Gasteiger partial charge in [-0.05, 0) is 13.0 Å². The molecule has 2 heterocycles.